The third-order valence-electron chi connectivity index (χ3n) is 4.08. The quantitative estimate of drug-likeness (QED) is 0.877. The van der Waals surface area contributed by atoms with Gasteiger partial charge in [0.15, 0.2) is 0 Å². The average molecular weight is 262 g/mol. The third-order valence-corrected chi connectivity index (χ3v) is 4.08. The van der Waals surface area contributed by atoms with Gasteiger partial charge >= 0.3 is 0 Å². The summed E-state index contributed by atoms with van der Waals surface area (Å²) >= 11 is 0. The van der Waals surface area contributed by atoms with Crippen LogP contribution in [0.25, 0.3) is 0 Å². The molecule has 1 heterocycles. The average Bonchev–Trinajstić information content (AvgIpc) is 2.45. The smallest absolute Gasteiger partial charge is 0.252 e. The largest absolute Gasteiger partial charge is 0.506 e. The molecule has 0 unspecified atom stereocenters. The van der Waals surface area contributed by atoms with Gasteiger partial charge in [-0.2, -0.15) is 0 Å². The maximum atomic E-state index is 11.9. The van der Waals surface area contributed by atoms with Crippen molar-refractivity contribution in [2.24, 2.45) is 11.8 Å². The summed E-state index contributed by atoms with van der Waals surface area (Å²) in [7, 11) is 0. The summed E-state index contributed by atoms with van der Waals surface area (Å²) < 4.78 is 0. The molecule has 0 atom stereocenters. The zero-order valence-corrected chi connectivity index (χ0v) is 11.4. The molecule has 0 saturated heterocycles. The molecular weight excluding hydrogens is 240 g/mol. The van der Waals surface area contributed by atoms with Gasteiger partial charge in [0.05, 0.1) is 11.8 Å². The number of rotatable bonds is 4. The second kappa shape index (κ2) is 6.55. The fourth-order valence-electron chi connectivity index (χ4n) is 2.73. The van der Waals surface area contributed by atoms with E-state index in [9.17, 15) is 9.90 Å². The number of carbonyl (C=O) groups is 1. The van der Waals surface area contributed by atoms with Gasteiger partial charge in [-0.25, -0.2) is 0 Å². The highest BCUT2D eigenvalue weighted by Gasteiger charge is 2.20. The first-order chi connectivity index (χ1) is 9.19. The molecule has 1 aliphatic rings. The van der Waals surface area contributed by atoms with Gasteiger partial charge in [-0.3, -0.25) is 9.78 Å². The van der Waals surface area contributed by atoms with Gasteiger partial charge in [0.25, 0.3) is 5.91 Å². The third kappa shape index (κ3) is 3.94. The highest BCUT2D eigenvalue weighted by molar-refractivity contribution is 5.94. The molecule has 1 aliphatic carbocycles. The van der Waals surface area contributed by atoms with Crippen LogP contribution in [0.3, 0.4) is 0 Å². The summed E-state index contributed by atoms with van der Waals surface area (Å²) in [5, 5.41) is 12.2. The Hall–Kier alpha value is -1.58. The van der Waals surface area contributed by atoms with E-state index < -0.39 is 0 Å². The fraction of sp³-hybridized carbons (Fsp3) is 0.600. The Kier molecular flexibility index (Phi) is 4.77. The Labute approximate surface area is 114 Å². The first-order valence-electron chi connectivity index (χ1n) is 7.11. The maximum Gasteiger partial charge on any atom is 0.252 e. The maximum absolute atomic E-state index is 11.9. The number of nitrogens with zero attached hydrogens (tertiary/aromatic N) is 1. The van der Waals surface area contributed by atoms with E-state index >= 15 is 0 Å². The van der Waals surface area contributed by atoms with Crippen molar-refractivity contribution in [2.75, 3.05) is 6.54 Å². The predicted molar refractivity (Wildman–Crippen MR) is 74.0 cm³/mol. The number of amides is 1. The summed E-state index contributed by atoms with van der Waals surface area (Å²) in [6.07, 6.45) is 9.05. The summed E-state index contributed by atoms with van der Waals surface area (Å²) in [5.74, 6) is 1.34. The first kappa shape index (κ1) is 13.8. The van der Waals surface area contributed by atoms with Crippen molar-refractivity contribution in [1.29, 1.82) is 0 Å². The fourth-order valence-corrected chi connectivity index (χ4v) is 2.73. The summed E-state index contributed by atoms with van der Waals surface area (Å²) in [4.78, 5) is 15.7. The molecule has 1 fully saturated rings. The second-order valence-corrected chi connectivity index (χ2v) is 5.44. The van der Waals surface area contributed by atoms with Gasteiger partial charge in [0.1, 0.15) is 5.75 Å². The zero-order valence-electron chi connectivity index (χ0n) is 11.4. The molecule has 2 N–H and O–H groups in total. The SMILES string of the molecule is CCC1CCC(CNC(=O)c2cncc(O)c2)CC1. The molecule has 4 nitrogen and oxygen atoms in total. The molecule has 1 amide bonds. The summed E-state index contributed by atoms with van der Waals surface area (Å²) in [6, 6.07) is 1.44. The molecule has 1 aromatic rings. The lowest BCUT2D eigenvalue weighted by molar-refractivity contribution is 0.0940. The second-order valence-electron chi connectivity index (χ2n) is 5.44. The van der Waals surface area contributed by atoms with E-state index in [-0.39, 0.29) is 11.7 Å². The van der Waals surface area contributed by atoms with Gasteiger partial charge in [0, 0.05) is 12.7 Å². The van der Waals surface area contributed by atoms with Crippen LogP contribution in [0.5, 0.6) is 5.75 Å². The minimum absolute atomic E-state index is 0.0242. The van der Waals surface area contributed by atoms with Crippen LogP contribution in [0.2, 0.25) is 0 Å². The Morgan fingerprint density at radius 1 is 1.32 bits per heavy atom. The van der Waals surface area contributed by atoms with E-state index in [0.29, 0.717) is 11.5 Å². The first-order valence-corrected chi connectivity index (χ1v) is 7.11. The van der Waals surface area contributed by atoms with E-state index in [2.05, 4.69) is 17.2 Å². The topological polar surface area (TPSA) is 62.2 Å². The minimum atomic E-state index is -0.152. The molecule has 104 valence electrons. The Morgan fingerprint density at radius 2 is 2.00 bits per heavy atom. The minimum Gasteiger partial charge on any atom is -0.506 e. The zero-order chi connectivity index (χ0) is 13.7. The molecule has 2 rings (SSSR count). The van der Waals surface area contributed by atoms with E-state index in [1.807, 2.05) is 0 Å². The van der Waals surface area contributed by atoms with Crippen molar-refractivity contribution in [3.05, 3.63) is 24.0 Å². The van der Waals surface area contributed by atoms with E-state index in [1.54, 1.807) is 0 Å². The van der Waals surface area contributed by atoms with Crippen molar-refractivity contribution in [3.8, 4) is 5.75 Å². The van der Waals surface area contributed by atoms with Gasteiger partial charge < -0.3 is 10.4 Å². The normalized spacial score (nSPS) is 23.0. The van der Waals surface area contributed by atoms with Gasteiger partial charge in [-0.05, 0) is 30.7 Å². The number of pyridine rings is 1. The highest BCUT2D eigenvalue weighted by Crippen LogP contribution is 2.30. The standard InChI is InChI=1S/C15H22N2O2/c1-2-11-3-5-12(6-4-11)8-17-15(19)13-7-14(18)10-16-9-13/h7,9-12,18H,2-6,8H2,1H3,(H,17,19). The molecule has 0 radical (unpaired) electrons. The van der Waals surface area contributed by atoms with Crippen molar-refractivity contribution in [1.82, 2.24) is 10.3 Å². The van der Waals surface area contributed by atoms with Crippen LogP contribution in [-0.4, -0.2) is 22.5 Å². The highest BCUT2D eigenvalue weighted by atomic mass is 16.3. The summed E-state index contributed by atoms with van der Waals surface area (Å²) in [5.41, 5.74) is 0.419. The lowest BCUT2D eigenvalue weighted by atomic mass is 9.81. The predicted octanol–water partition coefficient (Wildman–Crippen LogP) is 2.73. The van der Waals surface area contributed by atoms with Crippen LogP contribution in [-0.2, 0) is 0 Å². The van der Waals surface area contributed by atoms with Crippen LogP contribution in [0.4, 0.5) is 0 Å². The Bertz CT molecular complexity index is 426. The lowest BCUT2D eigenvalue weighted by Gasteiger charge is -2.27. The molecule has 0 spiro atoms. The number of aromatic hydroxyl groups is 1. The molecule has 1 aromatic heterocycles. The van der Waals surface area contributed by atoms with Crippen LogP contribution < -0.4 is 5.32 Å². The van der Waals surface area contributed by atoms with Crippen molar-refractivity contribution in [3.63, 3.8) is 0 Å². The van der Waals surface area contributed by atoms with Crippen LogP contribution in [0.1, 0.15) is 49.4 Å². The monoisotopic (exact) mass is 262 g/mol. The Balaban J connectivity index is 1.78. The number of aromatic nitrogens is 1. The molecule has 1 saturated carbocycles. The van der Waals surface area contributed by atoms with Crippen LogP contribution in [0, 0.1) is 11.8 Å². The molecule has 0 bridgehead atoms. The molecule has 0 aliphatic heterocycles. The van der Waals surface area contributed by atoms with E-state index in [4.69, 9.17) is 0 Å². The molecule has 0 aromatic carbocycles. The van der Waals surface area contributed by atoms with Gasteiger partial charge in [0.2, 0.25) is 0 Å². The van der Waals surface area contributed by atoms with Crippen LogP contribution >= 0.6 is 0 Å². The van der Waals surface area contributed by atoms with Crippen molar-refractivity contribution in [2.45, 2.75) is 39.0 Å². The van der Waals surface area contributed by atoms with E-state index in [0.717, 1.165) is 12.5 Å². The van der Waals surface area contributed by atoms with Crippen molar-refractivity contribution < 1.29 is 9.90 Å². The number of nitrogens with one attached hydrogen (secondary N) is 1. The molecule has 4 heteroatoms. The number of carbonyl (C=O) groups excluding carboxylic acids is 1. The molecular formula is C15H22N2O2. The number of hydrogen-bond donors (Lipinski definition) is 2. The number of hydrogen-bond acceptors (Lipinski definition) is 3. The van der Waals surface area contributed by atoms with Gasteiger partial charge in [-0.15, -0.1) is 0 Å². The van der Waals surface area contributed by atoms with Crippen LogP contribution in [0.15, 0.2) is 18.5 Å². The lowest BCUT2D eigenvalue weighted by Crippen LogP contribution is -2.31. The van der Waals surface area contributed by atoms with Gasteiger partial charge in [-0.1, -0.05) is 26.2 Å². The summed E-state index contributed by atoms with van der Waals surface area (Å²) in [6.45, 7) is 2.98. The van der Waals surface area contributed by atoms with E-state index in [1.165, 1.54) is 50.6 Å². The molecule has 19 heavy (non-hydrogen) atoms. The Morgan fingerprint density at radius 3 is 2.63 bits per heavy atom. The van der Waals surface area contributed by atoms with Crippen molar-refractivity contribution >= 4 is 5.91 Å².